The van der Waals surface area contributed by atoms with Crippen molar-refractivity contribution >= 4 is 0 Å². The highest BCUT2D eigenvalue weighted by Gasteiger charge is 2.24. The summed E-state index contributed by atoms with van der Waals surface area (Å²) in [5, 5.41) is 0. The van der Waals surface area contributed by atoms with Gasteiger partial charge in [0.25, 0.3) is 0 Å². The molecule has 0 aliphatic heterocycles. The third-order valence-electron chi connectivity index (χ3n) is 4.00. The van der Waals surface area contributed by atoms with Gasteiger partial charge in [0.1, 0.15) is 0 Å². The smallest absolute Gasteiger partial charge is 0.00415 e. The lowest BCUT2D eigenvalue weighted by atomic mass is 9.85. The summed E-state index contributed by atoms with van der Waals surface area (Å²) in [6, 6.07) is 0.518. The molecule has 0 amide bonds. The first-order valence-electron chi connectivity index (χ1n) is 6.60. The van der Waals surface area contributed by atoms with Crippen molar-refractivity contribution in [3.05, 3.63) is 0 Å². The summed E-state index contributed by atoms with van der Waals surface area (Å²) in [7, 11) is 0. The standard InChI is InChI=1S/C13H25N/c14-13(10-12-6-7-12)9-8-11-4-2-1-3-5-11/h11-13H,1-10,14H2. The van der Waals surface area contributed by atoms with E-state index in [2.05, 4.69) is 0 Å². The Morgan fingerprint density at radius 1 is 0.929 bits per heavy atom. The first kappa shape index (κ1) is 10.5. The van der Waals surface area contributed by atoms with Gasteiger partial charge in [0.2, 0.25) is 0 Å². The van der Waals surface area contributed by atoms with Crippen molar-refractivity contribution in [2.75, 3.05) is 0 Å². The van der Waals surface area contributed by atoms with E-state index in [-0.39, 0.29) is 0 Å². The van der Waals surface area contributed by atoms with Crippen molar-refractivity contribution in [3.8, 4) is 0 Å². The Kier molecular flexibility index (Phi) is 3.86. The molecule has 14 heavy (non-hydrogen) atoms. The Balaban J connectivity index is 1.55. The zero-order valence-corrected chi connectivity index (χ0v) is 9.38. The van der Waals surface area contributed by atoms with E-state index in [1.54, 1.807) is 0 Å². The van der Waals surface area contributed by atoms with E-state index in [0.29, 0.717) is 6.04 Å². The lowest BCUT2D eigenvalue weighted by Crippen LogP contribution is -2.22. The molecule has 2 aliphatic rings. The average molecular weight is 195 g/mol. The minimum Gasteiger partial charge on any atom is -0.328 e. The van der Waals surface area contributed by atoms with Crippen molar-refractivity contribution in [1.29, 1.82) is 0 Å². The van der Waals surface area contributed by atoms with E-state index in [1.807, 2.05) is 0 Å². The molecule has 2 aliphatic carbocycles. The second-order valence-electron chi connectivity index (χ2n) is 5.52. The summed E-state index contributed by atoms with van der Waals surface area (Å²) in [6.45, 7) is 0. The van der Waals surface area contributed by atoms with E-state index < -0.39 is 0 Å². The predicted octanol–water partition coefficient (Wildman–Crippen LogP) is 3.47. The zero-order chi connectivity index (χ0) is 9.80. The van der Waals surface area contributed by atoms with Crippen molar-refractivity contribution in [3.63, 3.8) is 0 Å². The molecule has 2 saturated carbocycles. The van der Waals surface area contributed by atoms with E-state index in [1.165, 1.54) is 64.2 Å². The summed E-state index contributed by atoms with van der Waals surface area (Å²) < 4.78 is 0. The Morgan fingerprint density at radius 2 is 1.64 bits per heavy atom. The highest BCUT2D eigenvalue weighted by atomic mass is 14.6. The molecule has 1 nitrogen and oxygen atoms in total. The van der Waals surface area contributed by atoms with Crippen LogP contribution in [0.4, 0.5) is 0 Å². The predicted molar refractivity (Wildman–Crippen MR) is 61.1 cm³/mol. The third kappa shape index (κ3) is 3.61. The van der Waals surface area contributed by atoms with Crippen molar-refractivity contribution in [2.24, 2.45) is 17.6 Å². The van der Waals surface area contributed by atoms with Crippen LogP contribution in [-0.4, -0.2) is 6.04 Å². The minimum atomic E-state index is 0.518. The van der Waals surface area contributed by atoms with Crippen LogP contribution in [0.1, 0.15) is 64.2 Å². The van der Waals surface area contributed by atoms with Crippen molar-refractivity contribution in [1.82, 2.24) is 0 Å². The van der Waals surface area contributed by atoms with Gasteiger partial charge in [0.15, 0.2) is 0 Å². The van der Waals surface area contributed by atoms with Gasteiger partial charge in [-0.15, -0.1) is 0 Å². The molecular formula is C13H25N. The number of hydrogen-bond acceptors (Lipinski definition) is 1. The maximum atomic E-state index is 6.13. The fourth-order valence-corrected chi connectivity index (χ4v) is 2.83. The van der Waals surface area contributed by atoms with E-state index >= 15 is 0 Å². The van der Waals surface area contributed by atoms with Gasteiger partial charge in [-0.2, -0.15) is 0 Å². The highest BCUT2D eigenvalue weighted by Crippen LogP contribution is 2.34. The van der Waals surface area contributed by atoms with Crippen LogP contribution >= 0.6 is 0 Å². The van der Waals surface area contributed by atoms with Crippen LogP contribution in [0, 0.1) is 11.8 Å². The maximum absolute atomic E-state index is 6.13. The van der Waals surface area contributed by atoms with Gasteiger partial charge in [0, 0.05) is 6.04 Å². The van der Waals surface area contributed by atoms with Crippen LogP contribution in [0.5, 0.6) is 0 Å². The third-order valence-corrected chi connectivity index (χ3v) is 4.00. The molecule has 0 aromatic heterocycles. The summed E-state index contributed by atoms with van der Waals surface area (Å²) in [5.74, 6) is 2.03. The molecule has 0 radical (unpaired) electrons. The second-order valence-corrected chi connectivity index (χ2v) is 5.52. The Morgan fingerprint density at radius 3 is 2.29 bits per heavy atom. The molecule has 0 aromatic carbocycles. The molecule has 0 spiro atoms. The molecule has 0 saturated heterocycles. The van der Waals surface area contributed by atoms with Gasteiger partial charge in [-0.3, -0.25) is 0 Å². The first-order valence-corrected chi connectivity index (χ1v) is 6.60. The van der Waals surface area contributed by atoms with Crippen LogP contribution in [0.3, 0.4) is 0 Å². The topological polar surface area (TPSA) is 26.0 Å². The quantitative estimate of drug-likeness (QED) is 0.714. The van der Waals surface area contributed by atoms with Crippen LogP contribution < -0.4 is 5.73 Å². The Labute approximate surface area is 88.4 Å². The first-order chi connectivity index (χ1) is 6.84. The summed E-state index contributed by atoms with van der Waals surface area (Å²) >= 11 is 0. The number of hydrogen-bond donors (Lipinski definition) is 1. The molecule has 82 valence electrons. The van der Waals surface area contributed by atoms with Gasteiger partial charge < -0.3 is 5.73 Å². The van der Waals surface area contributed by atoms with Gasteiger partial charge in [-0.25, -0.2) is 0 Å². The molecule has 2 fully saturated rings. The largest absolute Gasteiger partial charge is 0.328 e. The van der Waals surface area contributed by atoms with Gasteiger partial charge in [-0.1, -0.05) is 44.9 Å². The highest BCUT2D eigenvalue weighted by molar-refractivity contribution is 4.79. The van der Waals surface area contributed by atoms with Crippen molar-refractivity contribution < 1.29 is 0 Å². The van der Waals surface area contributed by atoms with Crippen LogP contribution in [-0.2, 0) is 0 Å². The molecule has 1 heteroatoms. The fraction of sp³-hybridized carbons (Fsp3) is 1.00. The summed E-state index contributed by atoms with van der Waals surface area (Å²) in [6.07, 6.45) is 14.3. The van der Waals surface area contributed by atoms with Gasteiger partial charge in [-0.05, 0) is 31.1 Å². The lowest BCUT2D eigenvalue weighted by molar-refractivity contribution is 0.319. The van der Waals surface area contributed by atoms with Gasteiger partial charge >= 0.3 is 0 Å². The van der Waals surface area contributed by atoms with E-state index in [4.69, 9.17) is 5.73 Å². The zero-order valence-electron chi connectivity index (χ0n) is 9.38. The molecule has 0 bridgehead atoms. The van der Waals surface area contributed by atoms with Crippen molar-refractivity contribution in [2.45, 2.75) is 70.3 Å². The molecule has 1 atom stereocenters. The molecular weight excluding hydrogens is 170 g/mol. The van der Waals surface area contributed by atoms with Crippen LogP contribution in [0.15, 0.2) is 0 Å². The molecule has 0 aromatic rings. The maximum Gasteiger partial charge on any atom is 0.00415 e. The molecule has 0 heterocycles. The Hall–Kier alpha value is -0.0400. The average Bonchev–Trinajstić information content (AvgIpc) is 3.00. The van der Waals surface area contributed by atoms with Crippen LogP contribution in [0.25, 0.3) is 0 Å². The lowest BCUT2D eigenvalue weighted by Gasteiger charge is -2.22. The van der Waals surface area contributed by atoms with E-state index in [9.17, 15) is 0 Å². The van der Waals surface area contributed by atoms with Crippen LogP contribution in [0.2, 0.25) is 0 Å². The van der Waals surface area contributed by atoms with E-state index in [0.717, 1.165) is 11.8 Å². The monoisotopic (exact) mass is 195 g/mol. The molecule has 2 rings (SSSR count). The molecule has 1 unspecified atom stereocenters. The summed E-state index contributed by atoms with van der Waals surface area (Å²) in [5.41, 5.74) is 6.13. The van der Waals surface area contributed by atoms with Gasteiger partial charge in [0.05, 0.1) is 0 Å². The summed E-state index contributed by atoms with van der Waals surface area (Å²) in [4.78, 5) is 0. The normalized spacial score (nSPS) is 26.4. The molecule has 2 N–H and O–H groups in total. The SMILES string of the molecule is NC(CCC1CCCCC1)CC1CC1. The second kappa shape index (κ2) is 5.16. The fourth-order valence-electron chi connectivity index (χ4n) is 2.83. The Bertz CT molecular complexity index is 157. The number of nitrogens with two attached hydrogens (primary N) is 1. The minimum absolute atomic E-state index is 0.518. The number of rotatable bonds is 5.